The number of aliphatic hydroxyl groups is 2. The van der Waals surface area contributed by atoms with E-state index in [1.165, 1.54) is 6.20 Å². The lowest BCUT2D eigenvalue weighted by Gasteiger charge is -2.31. The maximum absolute atomic E-state index is 12.4. The minimum atomic E-state index is -1.15. The number of piperidine rings is 1. The van der Waals surface area contributed by atoms with Crippen LogP contribution in [-0.2, 0) is 5.60 Å². The van der Waals surface area contributed by atoms with Crippen LogP contribution in [-0.4, -0.2) is 44.4 Å². The first-order chi connectivity index (χ1) is 13.8. The molecule has 4 rings (SSSR count). The zero-order valence-electron chi connectivity index (χ0n) is 16.5. The van der Waals surface area contributed by atoms with E-state index in [-0.39, 0.29) is 11.7 Å². The van der Waals surface area contributed by atoms with Gasteiger partial charge < -0.3 is 25.4 Å². The fourth-order valence-corrected chi connectivity index (χ4v) is 3.51. The Kier molecular flexibility index (Phi) is 4.97. The summed E-state index contributed by atoms with van der Waals surface area (Å²) in [5, 5.41) is 23.7. The Labute approximate surface area is 168 Å². The predicted octanol–water partition coefficient (Wildman–Crippen LogP) is 2.25. The fraction of sp³-hybridized carbons (Fsp3) is 0.381. The summed E-state index contributed by atoms with van der Waals surface area (Å²) in [5.74, 6) is 0.586. The molecule has 0 unspecified atom stereocenters. The highest BCUT2D eigenvalue weighted by Crippen LogP contribution is 2.28. The van der Waals surface area contributed by atoms with Gasteiger partial charge in [-0.1, -0.05) is 0 Å². The summed E-state index contributed by atoms with van der Waals surface area (Å²) < 4.78 is 0. The summed E-state index contributed by atoms with van der Waals surface area (Å²) in [7, 11) is 0. The Morgan fingerprint density at radius 2 is 2.00 bits per heavy atom. The van der Waals surface area contributed by atoms with Crippen LogP contribution in [0.15, 0.2) is 41.5 Å². The monoisotopic (exact) mass is 395 g/mol. The molecule has 0 radical (unpaired) electrons. The van der Waals surface area contributed by atoms with Crippen LogP contribution in [0.4, 0.5) is 17.2 Å². The van der Waals surface area contributed by atoms with Crippen LogP contribution in [0.5, 0.6) is 0 Å². The summed E-state index contributed by atoms with van der Waals surface area (Å²) >= 11 is 0. The van der Waals surface area contributed by atoms with Crippen molar-refractivity contribution in [3.05, 3.63) is 52.7 Å². The number of fused-ring (bicyclic) bond motifs is 1. The number of rotatable bonds is 4. The molecular weight excluding hydrogens is 370 g/mol. The third-order valence-electron chi connectivity index (χ3n) is 5.20. The summed E-state index contributed by atoms with van der Waals surface area (Å²) in [6, 6.07) is 7.21. The van der Waals surface area contributed by atoms with Gasteiger partial charge in [-0.05, 0) is 51.0 Å². The van der Waals surface area contributed by atoms with E-state index >= 15 is 0 Å². The number of pyridine rings is 3. The van der Waals surface area contributed by atoms with E-state index in [9.17, 15) is 15.0 Å². The first kappa shape index (κ1) is 19.4. The summed E-state index contributed by atoms with van der Waals surface area (Å²) in [6.45, 7) is 4.91. The van der Waals surface area contributed by atoms with E-state index in [2.05, 4.69) is 25.2 Å². The Hall–Kier alpha value is -2.97. The molecule has 0 aliphatic carbocycles. The van der Waals surface area contributed by atoms with E-state index in [0.717, 1.165) is 31.6 Å². The Balaban J connectivity index is 1.66. The molecule has 8 nitrogen and oxygen atoms in total. The van der Waals surface area contributed by atoms with Gasteiger partial charge >= 0.3 is 0 Å². The third-order valence-corrected chi connectivity index (χ3v) is 5.20. The van der Waals surface area contributed by atoms with E-state index in [1.54, 1.807) is 32.2 Å². The normalized spacial score (nSPS) is 15.7. The van der Waals surface area contributed by atoms with Gasteiger partial charge in [-0.15, -0.1) is 0 Å². The third kappa shape index (κ3) is 4.08. The van der Waals surface area contributed by atoms with Crippen molar-refractivity contribution in [1.82, 2.24) is 15.0 Å². The largest absolute Gasteiger partial charge is 0.393 e. The molecule has 0 atom stereocenters. The van der Waals surface area contributed by atoms with E-state index in [0.29, 0.717) is 28.1 Å². The summed E-state index contributed by atoms with van der Waals surface area (Å²) in [6.07, 6.45) is 4.61. The van der Waals surface area contributed by atoms with Gasteiger partial charge in [0.15, 0.2) is 0 Å². The molecule has 1 saturated heterocycles. The van der Waals surface area contributed by atoms with Crippen LogP contribution in [0, 0.1) is 0 Å². The molecule has 4 N–H and O–H groups in total. The molecule has 8 heteroatoms. The highest BCUT2D eigenvalue weighted by molar-refractivity contribution is 5.92. The molecule has 4 heterocycles. The molecule has 0 aromatic carbocycles. The van der Waals surface area contributed by atoms with Crippen molar-refractivity contribution in [1.29, 1.82) is 0 Å². The standard InChI is InChI=1S/C21H25N5O3/c1-21(2,29)17-11-16(19-15(24-17)5-8-22-20(19)28)25-18-4-3-13(12-23-18)26-9-6-14(27)7-10-26/h3-5,8,11-12,14,27,29H,6-7,9-10H2,1-2H3,(H,22,28)(H,23,24,25). The summed E-state index contributed by atoms with van der Waals surface area (Å²) in [4.78, 5) is 26.2. The van der Waals surface area contributed by atoms with Crippen molar-refractivity contribution in [3.63, 3.8) is 0 Å². The number of hydrogen-bond donors (Lipinski definition) is 4. The number of aliphatic hydroxyl groups excluding tert-OH is 1. The van der Waals surface area contributed by atoms with E-state index in [4.69, 9.17) is 0 Å². The van der Waals surface area contributed by atoms with Gasteiger partial charge in [0.05, 0.1) is 40.3 Å². The van der Waals surface area contributed by atoms with Crippen LogP contribution in [0.3, 0.4) is 0 Å². The van der Waals surface area contributed by atoms with Crippen molar-refractivity contribution >= 4 is 28.1 Å². The molecule has 0 saturated carbocycles. The lowest BCUT2D eigenvalue weighted by atomic mass is 10.0. The topological polar surface area (TPSA) is 114 Å². The van der Waals surface area contributed by atoms with E-state index in [1.807, 2.05) is 12.1 Å². The number of anilines is 3. The SMILES string of the molecule is CC(C)(O)c1cc(Nc2ccc(N3CCC(O)CC3)cn2)c2c(=O)[nH]ccc2n1. The Morgan fingerprint density at radius 3 is 2.66 bits per heavy atom. The maximum Gasteiger partial charge on any atom is 0.259 e. The molecule has 0 spiro atoms. The minimum Gasteiger partial charge on any atom is -0.393 e. The Morgan fingerprint density at radius 1 is 1.24 bits per heavy atom. The zero-order valence-corrected chi connectivity index (χ0v) is 16.5. The second-order valence-corrected chi connectivity index (χ2v) is 7.93. The Bertz CT molecular complexity index is 1060. The van der Waals surface area contributed by atoms with E-state index < -0.39 is 5.60 Å². The van der Waals surface area contributed by atoms with Gasteiger partial charge in [0, 0.05) is 19.3 Å². The highest BCUT2D eigenvalue weighted by Gasteiger charge is 2.21. The summed E-state index contributed by atoms with van der Waals surface area (Å²) in [5.41, 5.74) is 1.08. The van der Waals surface area contributed by atoms with Crippen LogP contribution in [0.2, 0.25) is 0 Å². The number of nitrogens with one attached hydrogen (secondary N) is 2. The molecule has 1 aliphatic rings. The van der Waals surface area contributed by atoms with Gasteiger partial charge in [-0.3, -0.25) is 4.79 Å². The molecular formula is C21H25N5O3. The van der Waals surface area contributed by atoms with Gasteiger partial charge in [0.25, 0.3) is 5.56 Å². The highest BCUT2D eigenvalue weighted by atomic mass is 16.3. The van der Waals surface area contributed by atoms with Crippen LogP contribution in [0.25, 0.3) is 10.9 Å². The van der Waals surface area contributed by atoms with Gasteiger partial charge in [0.1, 0.15) is 11.4 Å². The van der Waals surface area contributed by atoms with Crippen molar-refractivity contribution in [2.24, 2.45) is 0 Å². The first-order valence-corrected chi connectivity index (χ1v) is 9.72. The molecule has 152 valence electrons. The second kappa shape index (κ2) is 7.46. The van der Waals surface area contributed by atoms with Gasteiger partial charge in [-0.2, -0.15) is 0 Å². The average molecular weight is 395 g/mol. The van der Waals surface area contributed by atoms with Gasteiger partial charge in [0.2, 0.25) is 0 Å². The average Bonchev–Trinajstić information content (AvgIpc) is 2.68. The number of nitrogens with zero attached hydrogens (tertiary/aromatic N) is 3. The molecule has 1 aliphatic heterocycles. The van der Waals surface area contributed by atoms with Gasteiger partial charge in [-0.25, -0.2) is 9.97 Å². The van der Waals surface area contributed by atoms with Crippen molar-refractivity contribution in [2.45, 2.75) is 38.4 Å². The van der Waals surface area contributed by atoms with Crippen molar-refractivity contribution < 1.29 is 10.2 Å². The molecule has 0 bridgehead atoms. The molecule has 1 fully saturated rings. The fourth-order valence-electron chi connectivity index (χ4n) is 3.51. The van der Waals surface area contributed by atoms with Crippen LogP contribution < -0.4 is 15.8 Å². The molecule has 3 aromatic heterocycles. The van der Waals surface area contributed by atoms with Crippen LogP contribution >= 0.6 is 0 Å². The quantitative estimate of drug-likeness (QED) is 0.536. The smallest absolute Gasteiger partial charge is 0.259 e. The first-order valence-electron chi connectivity index (χ1n) is 9.72. The molecule has 3 aromatic rings. The number of aromatic nitrogens is 3. The minimum absolute atomic E-state index is 0.219. The second-order valence-electron chi connectivity index (χ2n) is 7.93. The van der Waals surface area contributed by atoms with Crippen LogP contribution in [0.1, 0.15) is 32.4 Å². The van der Waals surface area contributed by atoms with Crippen molar-refractivity contribution in [3.8, 4) is 0 Å². The number of hydrogen-bond acceptors (Lipinski definition) is 7. The number of H-pyrrole nitrogens is 1. The van der Waals surface area contributed by atoms with Crippen molar-refractivity contribution in [2.75, 3.05) is 23.3 Å². The zero-order chi connectivity index (χ0) is 20.6. The molecule has 0 amide bonds. The lowest BCUT2D eigenvalue weighted by Crippen LogP contribution is -2.35. The molecule has 29 heavy (non-hydrogen) atoms. The number of aromatic amines is 1. The predicted molar refractivity (Wildman–Crippen MR) is 113 cm³/mol. The lowest BCUT2D eigenvalue weighted by molar-refractivity contribution is 0.0742. The maximum atomic E-state index is 12.4.